The summed E-state index contributed by atoms with van der Waals surface area (Å²) in [5.74, 6) is -1.49. The molecule has 0 aliphatic heterocycles. The van der Waals surface area contributed by atoms with Gasteiger partial charge < -0.3 is 20.2 Å². The molecule has 0 fully saturated rings. The van der Waals surface area contributed by atoms with Gasteiger partial charge in [0, 0.05) is 29.7 Å². The Bertz CT molecular complexity index is 1350. The van der Waals surface area contributed by atoms with E-state index in [0.29, 0.717) is 22.9 Å². The fourth-order valence-corrected chi connectivity index (χ4v) is 4.33. The van der Waals surface area contributed by atoms with Crippen molar-refractivity contribution in [2.75, 3.05) is 6.54 Å². The molecule has 8 heteroatoms. The van der Waals surface area contributed by atoms with Gasteiger partial charge in [0.25, 0.3) is 5.91 Å². The van der Waals surface area contributed by atoms with Crippen LogP contribution < -0.4 is 10.6 Å². The minimum Gasteiger partial charge on any atom is -0.451 e. The van der Waals surface area contributed by atoms with Crippen molar-refractivity contribution in [2.45, 2.75) is 38.5 Å². The van der Waals surface area contributed by atoms with Crippen LogP contribution in [0, 0.1) is 11.6 Å². The predicted octanol–water partition coefficient (Wildman–Crippen LogP) is 5.93. The van der Waals surface area contributed by atoms with E-state index < -0.39 is 29.7 Å². The second-order valence-electron chi connectivity index (χ2n) is 9.10. The average molecular weight is 539 g/mol. The summed E-state index contributed by atoms with van der Waals surface area (Å²) in [6.07, 6.45) is -0.119. The maximum Gasteiger partial charge on any atom is 0.287 e. The fraction of sp³-hybridized carbons (Fsp3) is 0.233. The molecule has 2 unspecified atom stereocenters. The molecule has 0 aliphatic rings. The van der Waals surface area contributed by atoms with Gasteiger partial charge in [-0.15, -0.1) is 0 Å². The number of halogens is 3. The van der Waals surface area contributed by atoms with Gasteiger partial charge in [-0.2, -0.15) is 0 Å². The molecule has 0 saturated heterocycles. The minimum atomic E-state index is -1.05. The molecule has 1 amide bonds. The lowest BCUT2D eigenvalue weighted by atomic mass is 10.00. The summed E-state index contributed by atoms with van der Waals surface area (Å²) < 4.78 is 33.4. The Balaban J connectivity index is 1.46. The van der Waals surface area contributed by atoms with Gasteiger partial charge in [0.2, 0.25) is 0 Å². The first-order chi connectivity index (χ1) is 18.3. The van der Waals surface area contributed by atoms with E-state index in [4.69, 9.17) is 16.0 Å². The van der Waals surface area contributed by atoms with Crippen molar-refractivity contribution in [1.82, 2.24) is 10.6 Å². The molecule has 3 N–H and O–H groups in total. The van der Waals surface area contributed by atoms with Gasteiger partial charge in [-0.1, -0.05) is 42.8 Å². The van der Waals surface area contributed by atoms with Gasteiger partial charge in [-0.25, -0.2) is 8.78 Å². The smallest absolute Gasteiger partial charge is 0.287 e. The molecule has 198 valence electrons. The van der Waals surface area contributed by atoms with Gasteiger partial charge in [-0.3, -0.25) is 4.79 Å². The number of rotatable bonds is 11. The quantitative estimate of drug-likeness (QED) is 0.221. The summed E-state index contributed by atoms with van der Waals surface area (Å²) in [6.45, 7) is 2.74. The topological polar surface area (TPSA) is 74.5 Å². The maximum atomic E-state index is 13.8. The van der Waals surface area contributed by atoms with Crippen LogP contribution in [-0.2, 0) is 19.4 Å². The summed E-state index contributed by atoms with van der Waals surface area (Å²) >= 11 is 5.94. The first-order valence-electron chi connectivity index (χ1n) is 12.4. The van der Waals surface area contributed by atoms with Crippen LogP contribution in [0.5, 0.6) is 0 Å². The largest absolute Gasteiger partial charge is 0.451 e. The Kier molecular flexibility index (Phi) is 9.29. The number of aliphatic hydroxyl groups excluding tert-OH is 1. The third-order valence-corrected chi connectivity index (χ3v) is 6.45. The number of hydrogen-bond acceptors (Lipinski definition) is 4. The van der Waals surface area contributed by atoms with Crippen molar-refractivity contribution in [3.63, 3.8) is 0 Å². The zero-order chi connectivity index (χ0) is 27.1. The zero-order valence-electron chi connectivity index (χ0n) is 20.9. The molecule has 0 radical (unpaired) electrons. The van der Waals surface area contributed by atoms with Crippen LogP contribution in [0.2, 0.25) is 5.02 Å². The normalized spacial score (nSPS) is 12.8. The Hall–Kier alpha value is -3.52. The molecule has 0 bridgehead atoms. The molecule has 3 aromatic carbocycles. The molecular formula is C30H29ClF2N2O3. The lowest BCUT2D eigenvalue weighted by molar-refractivity contribution is 0.0805. The summed E-state index contributed by atoms with van der Waals surface area (Å²) in [7, 11) is 0. The van der Waals surface area contributed by atoms with Crippen LogP contribution in [0.25, 0.3) is 11.3 Å². The van der Waals surface area contributed by atoms with Gasteiger partial charge in [0.05, 0.1) is 12.1 Å². The number of aryl methyl sites for hydroxylation is 1. The van der Waals surface area contributed by atoms with E-state index in [1.807, 2.05) is 12.1 Å². The molecule has 1 aromatic heterocycles. The fourth-order valence-electron chi connectivity index (χ4n) is 4.20. The monoisotopic (exact) mass is 538 g/mol. The highest BCUT2D eigenvalue weighted by Gasteiger charge is 2.24. The predicted molar refractivity (Wildman–Crippen MR) is 144 cm³/mol. The molecule has 4 aromatic rings. The summed E-state index contributed by atoms with van der Waals surface area (Å²) in [4.78, 5) is 13.0. The van der Waals surface area contributed by atoms with Crippen LogP contribution in [-0.4, -0.2) is 29.7 Å². The third kappa shape index (κ3) is 7.51. The maximum absolute atomic E-state index is 13.8. The van der Waals surface area contributed by atoms with Crippen LogP contribution in [0.1, 0.15) is 34.2 Å². The van der Waals surface area contributed by atoms with Gasteiger partial charge in [-0.05, 0) is 78.1 Å². The Morgan fingerprint density at radius 3 is 2.37 bits per heavy atom. The van der Waals surface area contributed by atoms with Crippen molar-refractivity contribution in [3.8, 4) is 11.3 Å². The number of furan rings is 1. The van der Waals surface area contributed by atoms with Gasteiger partial charge in [0.15, 0.2) is 5.76 Å². The molecule has 0 spiro atoms. The van der Waals surface area contributed by atoms with E-state index >= 15 is 0 Å². The van der Waals surface area contributed by atoms with E-state index in [2.05, 4.69) is 29.7 Å². The third-order valence-electron chi connectivity index (χ3n) is 6.20. The first kappa shape index (κ1) is 27.5. The lowest BCUT2D eigenvalue weighted by Gasteiger charge is -2.24. The SMILES string of the molecule is CCc1cccc(CNCC(O)C(Cc2cc(F)cc(F)c2)NC(=O)c2ccc(-c3ccc(Cl)cc3)o2)c1. The van der Waals surface area contributed by atoms with Crippen molar-refractivity contribution in [3.05, 3.63) is 118 Å². The van der Waals surface area contributed by atoms with Crippen molar-refractivity contribution in [2.24, 2.45) is 0 Å². The van der Waals surface area contributed by atoms with Gasteiger partial charge in [0.1, 0.15) is 17.4 Å². The number of hydrogen-bond donors (Lipinski definition) is 3. The molecular weight excluding hydrogens is 510 g/mol. The van der Waals surface area contributed by atoms with E-state index in [-0.39, 0.29) is 18.7 Å². The lowest BCUT2D eigenvalue weighted by Crippen LogP contribution is -2.48. The van der Waals surface area contributed by atoms with Crippen molar-refractivity contribution >= 4 is 17.5 Å². The van der Waals surface area contributed by atoms with Crippen molar-refractivity contribution in [1.29, 1.82) is 0 Å². The Morgan fingerprint density at radius 2 is 1.66 bits per heavy atom. The number of nitrogens with one attached hydrogen (secondary N) is 2. The van der Waals surface area contributed by atoms with E-state index in [0.717, 1.165) is 23.6 Å². The molecule has 1 heterocycles. The Labute approximate surface area is 225 Å². The second-order valence-corrected chi connectivity index (χ2v) is 9.54. The van der Waals surface area contributed by atoms with Crippen LogP contribution >= 0.6 is 11.6 Å². The number of benzene rings is 3. The number of carbonyl (C=O) groups is 1. The molecule has 38 heavy (non-hydrogen) atoms. The zero-order valence-corrected chi connectivity index (χ0v) is 21.6. The molecule has 5 nitrogen and oxygen atoms in total. The van der Waals surface area contributed by atoms with Crippen LogP contribution in [0.4, 0.5) is 8.78 Å². The highest BCUT2D eigenvalue weighted by atomic mass is 35.5. The highest BCUT2D eigenvalue weighted by Crippen LogP contribution is 2.24. The summed E-state index contributed by atoms with van der Waals surface area (Å²) in [5, 5.41) is 17.5. The number of amides is 1. The van der Waals surface area contributed by atoms with Crippen LogP contribution in [0.15, 0.2) is 83.3 Å². The van der Waals surface area contributed by atoms with E-state index in [1.54, 1.807) is 30.3 Å². The highest BCUT2D eigenvalue weighted by molar-refractivity contribution is 6.30. The molecule has 4 rings (SSSR count). The minimum absolute atomic E-state index is 0.0132. The van der Waals surface area contributed by atoms with E-state index in [9.17, 15) is 18.7 Å². The first-order valence-corrected chi connectivity index (χ1v) is 12.8. The van der Waals surface area contributed by atoms with E-state index in [1.165, 1.54) is 23.8 Å². The summed E-state index contributed by atoms with van der Waals surface area (Å²) in [6, 6.07) is 20.6. The van der Waals surface area contributed by atoms with Crippen molar-refractivity contribution < 1.29 is 23.1 Å². The molecule has 2 atom stereocenters. The van der Waals surface area contributed by atoms with Gasteiger partial charge >= 0.3 is 0 Å². The molecule has 0 aliphatic carbocycles. The van der Waals surface area contributed by atoms with Crippen LogP contribution in [0.3, 0.4) is 0 Å². The standard InChI is InChI=1S/C30H29ClF2N2O3/c1-2-19-4-3-5-20(12-19)17-34-18-27(36)26(15-21-13-24(32)16-25(33)14-21)35-30(37)29-11-10-28(38-29)22-6-8-23(31)9-7-22/h3-14,16,26-27,34,36H,2,15,17-18H2,1H3,(H,35,37). The Morgan fingerprint density at radius 1 is 0.947 bits per heavy atom. The average Bonchev–Trinajstić information content (AvgIpc) is 3.39. The number of carbonyl (C=O) groups excluding carboxylic acids is 1. The second kappa shape index (κ2) is 12.8. The summed E-state index contributed by atoms with van der Waals surface area (Å²) in [5.41, 5.74) is 3.33. The molecule has 0 saturated carbocycles. The number of aliphatic hydroxyl groups is 1.